The van der Waals surface area contributed by atoms with Crippen LogP contribution in [0.25, 0.3) is 5.57 Å². The van der Waals surface area contributed by atoms with E-state index >= 15 is 0 Å². The molecule has 36 heavy (non-hydrogen) atoms. The number of halogens is 3. The lowest BCUT2D eigenvalue weighted by atomic mass is 9.99. The van der Waals surface area contributed by atoms with Crippen molar-refractivity contribution in [1.29, 1.82) is 0 Å². The third-order valence-electron chi connectivity index (χ3n) is 6.91. The van der Waals surface area contributed by atoms with Gasteiger partial charge in [0.1, 0.15) is 0 Å². The number of nitrogens with one attached hydrogen (secondary N) is 2. The molecule has 0 aliphatic carbocycles. The number of hydrogen-bond acceptors (Lipinski definition) is 3. The SMILES string of the molecule is O=C(Nc1ccc(C2=CCN(C(=O)NC3CCOCC3)CC2)cc1)N1Cc2cc(F)c(F)c(F)c2C1. The average molecular weight is 501 g/mol. The normalized spacial score (nSPS) is 18.0. The van der Waals surface area contributed by atoms with Gasteiger partial charge in [0.15, 0.2) is 17.5 Å². The highest BCUT2D eigenvalue weighted by atomic mass is 19.2. The molecule has 3 aliphatic rings. The van der Waals surface area contributed by atoms with E-state index in [0.717, 1.165) is 36.5 Å². The molecule has 190 valence electrons. The van der Waals surface area contributed by atoms with Gasteiger partial charge in [-0.15, -0.1) is 0 Å². The quantitative estimate of drug-likeness (QED) is 0.604. The Kier molecular flexibility index (Phi) is 6.86. The number of nitrogens with zero attached hydrogens (tertiary/aromatic N) is 2. The van der Waals surface area contributed by atoms with Crippen molar-refractivity contribution in [3.8, 4) is 0 Å². The van der Waals surface area contributed by atoms with Gasteiger partial charge in [0.25, 0.3) is 0 Å². The van der Waals surface area contributed by atoms with Crippen LogP contribution in [0.15, 0.2) is 36.4 Å². The second-order valence-corrected chi connectivity index (χ2v) is 9.25. The summed E-state index contributed by atoms with van der Waals surface area (Å²) in [5.74, 6) is -4.03. The van der Waals surface area contributed by atoms with E-state index in [9.17, 15) is 22.8 Å². The van der Waals surface area contributed by atoms with Gasteiger partial charge in [-0.05, 0) is 54.2 Å². The minimum absolute atomic E-state index is 0.000818. The van der Waals surface area contributed by atoms with Crippen LogP contribution >= 0.6 is 0 Å². The summed E-state index contributed by atoms with van der Waals surface area (Å²) in [6.07, 6.45) is 4.43. The molecular weight excluding hydrogens is 473 g/mol. The van der Waals surface area contributed by atoms with Crippen LogP contribution in [0.4, 0.5) is 28.4 Å². The van der Waals surface area contributed by atoms with Gasteiger partial charge in [-0.25, -0.2) is 22.8 Å². The van der Waals surface area contributed by atoms with Gasteiger partial charge in [0.05, 0.1) is 6.54 Å². The maximum absolute atomic E-state index is 14.0. The molecule has 3 aliphatic heterocycles. The van der Waals surface area contributed by atoms with Gasteiger partial charge in [0.2, 0.25) is 0 Å². The molecule has 0 unspecified atom stereocenters. The van der Waals surface area contributed by atoms with Crippen molar-refractivity contribution in [2.24, 2.45) is 0 Å². The zero-order valence-electron chi connectivity index (χ0n) is 19.7. The summed E-state index contributed by atoms with van der Waals surface area (Å²) >= 11 is 0. The standard InChI is InChI=1S/C26H27F3N4O3/c27-22-13-18-14-33(15-21(18)23(28)24(22)29)26(35)30-19-3-1-16(2-4-19)17-5-9-32(10-6-17)25(34)31-20-7-11-36-12-8-20/h1-5,13,20H,6-12,14-15H2,(H,30,35)(H,31,34). The highest BCUT2D eigenvalue weighted by Crippen LogP contribution is 2.29. The van der Waals surface area contributed by atoms with Crippen LogP contribution < -0.4 is 10.6 Å². The van der Waals surface area contributed by atoms with Crippen molar-refractivity contribution >= 4 is 23.3 Å². The number of hydrogen-bond donors (Lipinski definition) is 2. The van der Waals surface area contributed by atoms with E-state index in [4.69, 9.17) is 4.74 Å². The molecule has 1 saturated heterocycles. The molecule has 0 saturated carbocycles. The molecule has 5 rings (SSSR count). The second-order valence-electron chi connectivity index (χ2n) is 9.25. The summed E-state index contributed by atoms with van der Waals surface area (Å²) in [6.45, 7) is 2.36. The van der Waals surface area contributed by atoms with E-state index in [1.165, 1.54) is 4.90 Å². The van der Waals surface area contributed by atoms with Crippen molar-refractivity contribution in [2.75, 3.05) is 31.6 Å². The number of rotatable bonds is 3. The topological polar surface area (TPSA) is 73.9 Å². The van der Waals surface area contributed by atoms with Crippen molar-refractivity contribution in [1.82, 2.24) is 15.1 Å². The minimum Gasteiger partial charge on any atom is -0.381 e. The Hall–Kier alpha value is -3.53. The van der Waals surface area contributed by atoms with Crippen LogP contribution in [0, 0.1) is 17.5 Å². The minimum atomic E-state index is -1.52. The van der Waals surface area contributed by atoms with E-state index in [2.05, 4.69) is 10.6 Å². The largest absolute Gasteiger partial charge is 0.381 e. The average Bonchev–Trinajstić information content (AvgIpc) is 3.33. The number of amides is 4. The molecule has 10 heteroatoms. The summed E-state index contributed by atoms with van der Waals surface area (Å²) in [5, 5.41) is 5.83. The number of urea groups is 2. The van der Waals surface area contributed by atoms with Crippen LogP contribution in [-0.4, -0.2) is 54.2 Å². The molecule has 0 bridgehead atoms. The van der Waals surface area contributed by atoms with Crippen LogP contribution in [0.1, 0.15) is 36.0 Å². The van der Waals surface area contributed by atoms with Crippen molar-refractivity contribution in [2.45, 2.75) is 38.4 Å². The maximum atomic E-state index is 14.0. The fourth-order valence-electron chi connectivity index (χ4n) is 4.78. The van der Waals surface area contributed by atoms with E-state index in [1.807, 2.05) is 18.2 Å². The summed E-state index contributed by atoms with van der Waals surface area (Å²) in [6, 6.07) is 7.87. The second kappa shape index (κ2) is 10.2. The Morgan fingerprint density at radius 1 is 0.944 bits per heavy atom. The Bertz CT molecular complexity index is 1200. The van der Waals surface area contributed by atoms with Crippen LogP contribution in [0.3, 0.4) is 0 Å². The molecule has 0 radical (unpaired) electrons. The first-order valence-corrected chi connectivity index (χ1v) is 12.0. The predicted molar refractivity (Wildman–Crippen MR) is 128 cm³/mol. The highest BCUT2D eigenvalue weighted by molar-refractivity contribution is 5.90. The molecule has 3 heterocycles. The van der Waals surface area contributed by atoms with Crippen LogP contribution in [-0.2, 0) is 17.8 Å². The van der Waals surface area contributed by atoms with Crippen molar-refractivity contribution in [3.63, 3.8) is 0 Å². The van der Waals surface area contributed by atoms with Crippen molar-refractivity contribution in [3.05, 3.63) is 70.5 Å². The molecular formula is C26H27F3N4O3. The van der Waals surface area contributed by atoms with E-state index in [-0.39, 0.29) is 36.3 Å². The molecule has 4 amide bonds. The van der Waals surface area contributed by atoms with Gasteiger partial charge >= 0.3 is 12.1 Å². The highest BCUT2D eigenvalue weighted by Gasteiger charge is 2.29. The summed E-state index contributed by atoms with van der Waals surface area (Å²) < 4.78 is 46.3. The lowest BCUT2D eigenvalue weighted by Crippen LogP contribution is -2.47. The number of carbonyl (C=O) groups is 2. The number of fused-ring (bicyclic) bond motifs is 1. The monoisotopic (exact) mass is 500 g/mol. The predicted octanol–water partition coefficient (Wildman–Crippen LogP) is 4.63. The van der Waals surface area contributed by atoms with E-state index in [1.54, 1.807) is 17.0 Å². The van der Waals surface area contributed by atoms with Crippen molar-refractivity contribution < 1.29 is 27.5 Å². The Morgan fingerprint density at radius 3 is 2.39 bits per heavy atom. The molecule has 1 fully saturated rings. The van der Waals surface area contributed by atoms with Gasteiger partial charge in [-0.2, -0.15) is 0 Å². The number of anilines is 1. The maximum Gasteiger partial charge on any atom is 0.322 e. The lowest BCUT2D eigenvalue weighted by Gasteiger charge is -2.30. The fraction of sp³-hybridized carbons (Fsp3) is 0.385. The van der Waals surface area contributed by atoms with Gasteiger partial charge in [-0.3, -0.25) is 0 Å². The molecule has 0 atom stereocenters. The van der Waals surface area contributed by atoms with Gasteiger partial charge in [0, 0.05) is 50.1 Å². The number of ether oxygens (including phenoxy) is 1. The Morgan fingerprint density at radius 2 is 1.69 bits per heavy atom. The van der Waals surface area contributed by atoms with Gasteiger partial charge in [-0.1, -0.05) is 18.2 Å². The molecule has 7 nitrogen and oxygen atoms in total. The lowest BCUT2D eigenvalue weighted by molar-refractivity contribution is 0.0783. The number of benzene rings is 2. The Balaban J connectivity index is 1.15. The van der Waals surface area contributed by atoms with Gasteiger partial charge < -0.3 is 25.2 Å². The molecule has 0 spiro atoms. The molecule has 0 aromatic heterocycles. The van der Waals surface area contributed by atoms with Crippen LogP contribution in [0.2, 0.25) is 0 Å². The first kappa shape index (κ1) is 24.2. The smallest absolute Gasteiger partial charge is 0.322 e. The first-order chi connectivity index (χ1) is 17.4. The molecule has 2 aromatic carbocycles. The fourth-order valence-corrected chi connectivity index (χ4v) is 4.78. The zero-order valence-corrected chi connectivity index (χ0v) is 19.7. The summed E-state index contributed by atoms with van der Waals surface area (Å²) in [4.78, 5) is 28.3. The summed E-state index contributed by atoms with van der Waals surface area (Å²) in [7, 11) is 0. The third kappa shape index (κ3) is 5.04. The molecule has 2 aromatic rings. The van der Waals surface area contributed by atoms with Crippen LogP contribution in [0.5, 0.6) is 0 Å². The van der Waals surface area contributed by atoms with E-state index < -0.39 is 23.5 Å². The molecule has 2 N–H and O–H groups in total. The zero-order chi connectivity index (χ0) is 25.2. The van der Waals surface area contributed by atoms with E-state index in [0.29, 0.717) is 32.0 Å². The Labute approximate surface area is 206 Å². The third-order valence-corrected chi connectivity index (χ3v) is 6.91. The number of carbonyl (C=O) groups excluding carboxylic acids is 2. The summed E-state index contributed by atoms with van der Waals surface area (Å²) in [5.41, 5.74) is 2.93. The first-order valence-electron chi connectivity index (χ1n) is 12.0.